The van der Waals surface area contributed by atoms with Crippen LogP contribution in [0.3, 0.4) is 0 Å². The van der Waals surface area contributed by atoms with Crippen LogP contribution in [0, 0.1) is 6.92 Å². The molecule has 5 heteroatoms. The quantitative estimate of drug-likeness (QED) is 0.881. The zero-order valence-electron chi connectivity index (χ0n) is 9.78. The molecule has 1 N–H and O–H groups in total. The highest BCUT2D eigenvalue weighted by Gasteiger charge is 2.23. The molecule has 2 rings (SSSR count). The minimum absolute atomic E-state index is 0.433. The molecule has 2 aromatic rings. The Kier molecular flexibility index (Phi) is 3.23. The fraction of sp³-hybridized carbons (Fsp3) is 0.154. The largest absolute Gasteiger partial charge is 0.479 e. The van der Waals surface area contributed by atoms with Gasteiger partial charge in [0.15, 0.2) is 6.04 Å². The highest BCUT2D eigenvalue weighted by molar-refractivity contribution is 5.75. The minimum atomic E-state index is -1.11. The number of hydrogen-bond acceptors (Lipinski definition) is 3. The minimum Gasteiger partial charge on any atom is -0.479 e. The molecule has 0 saturated heterocycles. The van der Waals surface area contributed by atoms with Crippen LogP contribution in [0.5, 0.6) is 0 Å². The summed E-state index contributed by atoms with van der Waals surface area (Å²) in [6.45, 7) is 1.71. The van der Waals surface area contributed by atoms with Gasteiger partial charge in [-0.15, -0.1) is 0 Å². The van der Waals surface area contributed by atoms with Crippen molar-refractivity contribution in [3.8, 4) is 0 Å². The molecule has 92 valence electrons. The Bertz CT molecular complexity index is 620. The Balaban J connectivity index is 2.59. The monoisotopic (exact) mass is 244 g/mol. The number of carboxylic acids is 1. The van der Waals surface area contributed by atoms with Crippen LogP contribution in [0.1, 0.15) is 17.3 Å². The first-order valence-electron chi connectivity index (χ1n) is 5.44. The third-order valence-corrected chi connectivity index (χ3v) is 2.55. The van der Waals surface area contributed by atoms with Gasteiger partial charge in [-0.05, 0) is 18.6 Å². The first kappa shape index (κ1) is 12.0. The SMILES string of the molecule is Cc1ccc(=O)n([C@H](C(=O)O)c2ccccc2)n1. The van der Waals surface area contributed by atoms with Crippen molar-refractivity contribution in [2.75, 3.05) is 0 Å². The summed E-state index contributed by atoms with van der Waals surface area (Å²) in [5.74, 6) is -1.11. The number of rotatable bonds is 3. The topological polar surface area (TPSA) is 72.2 Å². The standard InChI is InChI=1S/C13H12N2O3/c1-9-7-8-11(16)15(14-9)12(13(17)18)10-5-3-2-4-6-10/h2-8,12H,1H3,(H,17,18)/t12-/m0/s1. The predicted octanol–water partition coefficient (Wildman–Crippen LogP) is 1.23. The zero-order chi connectivity index (χ0) is 13.1. The van der Waals surface area contributed by atoms with E-state index in [4.69, 9.17) is 0 Å². The highest BCUT2D eigenvalue weighted by atomic mass is 16.4. The molecule has 0 bridgehead atoms. The van der Waals surface area contributed by atoms with Crippen molar-refractivity contribution < 1.29 is 9.90 Å². The molecule has 0 aliphatic heterocycles. The van der Waals surface area contributed by atoms with Gasteiger partial charge in [-0.2, -0.15) is 5.10 Å². The summed E-state index contributed by atoms with van der Waals surface area (Å²) in [4.78, 5) is 23.1. The molecular weight excluding hydrogens is 232 g/mol. The molecule has 1 aromatic carbocycles. The lowest BCUT2D eigenvalue weighted by atomic mass is 10.1. The maximum absolute atomic E-state index is 11.7. The summed E-state index contributed by atoms with van der Waals surface area (Å²) in [5.41, 5.74) is 0.679. The molecule has 0 spiro atoms. The molecular formula is C13H12N2O3. The van der Waals surface area contributed by atoms with E-state index in [1.807, 2.05) is 0 Å². The van der Waals surface area contributed by atoms with E-state index in [1.165, 1.54) is 6.07 Å². The molecule has 0 aliphatic carbocycles. The van der Waals surface area contributed by atoms with E-state index in [-0.39, 0.29) is 0 Å². The predicted molar refractivity (Wildman–Crippen MR) is 65.5 cm³/mol. The Morgan fingerprint density at radius 1 is 1.22 bits per heavy atom. The second-order valence-corrected chi connectivity index (χ2v) is 3.91. The summed E-state index contributed by atoms with van der Waals surface area (Å²) in [6.07, 6.45) is 0. The number of carboxylic acid groups (broad SMARTS) is 1. The Morgan fingerprint density at radius 2 is 1.89 bits per heavy atom. The Hall–Kier alpha value is -2.43. The third-order valence-electron chi connectivity index (χ3n) is 2.55. The molecule has 1 heterocycles. The zero-order valence-corrected chi connectivity index (χ0v) is 9.78. The summed E-state index contributed by atoms with van der Waals surface area (Å²) in [7, 11) is 0. The van der Waals surface area contributed by atoms with Crippen LogP contribution in [0.25, 0.3) is 0 Å². The molecule has 0 saturated carbocycles. The van der Waals surface area contributed by atoms with E-state index in [0.717, 1.165) is 4.68 Å². The van der Waals surface area contributed by atoms with E-state index in [0.29, 0.717) is 11.3 Å². The molecule has 0 unspecified atom stereocenters. The Morgan fingerprint density at radius 3 is 2.50 bits per heavy atom. The van der Waals surface area contributed by atoms with Gasteiger partial charge in [0.25, 0.3) is 5.56 Å². The van der Waals surface area contributed by atoms with Crippen LogP contribution in [-0.4, -0.2) is 20.9 Å². The average Bonchev–Trinajstić information content (AvgIpc) is 2.35. The van der Waals surface area contributed by atoms with E-state index >= 15 is 0 Å². The fourth-order valence-corrected chi connectivity index (χ4v) is 1.73. The lowest BCUT2D eigenvalue weighted by Crippen LogP contribution is -2.32. The van der Waals surface area contributed by atoms with Gasteiger partial charge in [-0.1, -0.05) is 30.3 Å². The summed E-state index contributed by atoms with van der Waals surface area (Å²) < 4.78 is 0.993. The normalized spacial score (nSPS) is 12.1. The third kappa shape index (κ3) is 2.29. The molecule has 1 aromatic heterocycles. The van der Waals surface area contributed by atoms with Crippen molar-refractivity contribution in [2.45, 2.75) is 13.0 Å². The molecule has 0 radical (unpaired) electrons. The van der Waals surface area contributed by atoms with Crippen molar-refractivity contribution in [3.05, 3.63) is 64.1 Å². The summed E-state index contributed by atoms with van der Waals surface area (Å²) in [6, 6.07) is 10.3. The van der Waals surface area contributed by atoms with E-state index in [1.54, 1.807) is 43.3 Å². The van der Waals surface area contributed by atoms with Crippen molar-refractivity contribution >= 4 is 5.97 Å². The molecule has 0 aliphatic rings. The number of aliphatic carboxylic acids is 1. The number of benzene rings is 1. The second kappa shape index (κ2) is 4.83. The molecule has 5 nitrogen and oxygen atoms in total. The van der Waals surface area contributed by atoms with Gasteiger partial charge in [-0.3, -0.25) is 4.79 Å². The van der Waals surface area contributed by atoms with Gasteiger partial charge < -0.3 is 5.11 Å². The Labute approximate surface area is 103 Å². The average molecular weight is 244 g/mol. The maximum atomic E-state index is 11.7. The van der Waals surface area contributed by atoms with Crippen LogP contribution in [0.2, 0.25) is 0 Å². The number of nitrogens with zero attached hydrogens (tertiary/aromatic N) is 2. The van der Waals surface area contributed by atoms with Crippen LogP contribution >= 0.6 is 0 Å². The van der Waals surface area contributed by atoms with Crippen molar-refractivity contribution in [3.63, 3.8) is 0 Å². The van der Waals surface area contributed by atoms with Gasteiger partial charge >= 0.3 is 5.97 Å². The first-order valence-corrected chi connectivity index (χ1v) is 5.44. The van der Waals surface area contributed by atoms with Crippen molar-refractivity contribution in [2.24, 2.45) is 0 Å². The lowest BCUT2D eigenvalue weighted by Gasteiger charge is -2.14. The van der Waals surface area contributed by atoms with E-state index < -0.39 is 17.6 Å². The summed E-state index contributed by atoms with van der Waals surface area (Å²) in [5, 5.41) is 13.3. The molecule has 0 fully saturated rings. The van der Waals surface area contributed by atoms with E-state index in [9.17, 15) is 14.7 Å². The van der Waals surface area contributed by atoms with Gasteiger partial charge in [0.05, 0.1) is 5.69 Å². The lowest BCUT2D eigenvalue weighted by molar-refractivity contribution is -0.139. The number of hydrogen-bond donors (Lipinski definition) is 1. The molecule has 18 heavy (non-hydrogen) atoms. The number of carbonyl (C=O) groups is 1. The smallest absolute Gasteiger partial charge is 0.333 e. The number of aryl methyl sites for hydroxylation is 1. The van der Waals surface area contributed by atoms with Crippen LogP contribution in [0.4, 0.5) is 0 Å². The van der Waals surface area contributed by atoms with Crippen LogP contribution < -0.4 is 5.56 Å². The van der Waals surface area contributed by atoms with Gasteiger partial charge in [0.2, 0.25) is 0 Å². The highest BCUT2D eigenvalue weighted by Crippen LogP contribution is 2.15. The second-order valence-electron chi connectivity index (χ2n) is 3.91. The summed E-state index contributed by atoms with van der Waals surface area (Å²) >= 11 is 0. The van der Waals surface area contributed by atoms with Crippen LogP contribution in [-0.2, 0) is 4.79 Å². The first-order chi connectivity index (χ1) is 8.59. The van der Waals surface area contributed by atoms with Gasteiger partial charge in [0, 0.05) is 6.07 Å². The fourth-order valence-electron chi connectivity index (χ4n) is 1.73. The van der Waals surface area contributed by atoms with Crippen molar-refractivity contribution in [1.29, 1.82) is 0 Å². The van der Waals surface area contributed by atoms with Crippen LogP contribution in [0.15, 0.2) is 47.3 Å². The molecule has 1 atom stereocenters. The maximum Gasteiger partial charge on any atom is 0.333 e. The van der Waals surface area contributed by atoms with E-state index in [2.05, 4.69) is 5.10 Å². The van der Waals surface area contributed by atoms with Gasteiger partial charge in [-0.25, -0.2) is 9.48 Å². The van der Waals surface area contributed by atoms with Crippen molar-refractivity contribution in [1.82, 2.24) is 9.78 Å². The van der Waals surface area contributed by atoms with Gasteiger partial charge in [0.1, 0.15) is 0 Å². The number of aromatic nitrogens is 2. The molecule has 0 amide bonds.